The second-order valence-electron chi connectivity index (χ2n) is 2.29. The standard InChI is InChI=1S/2C3H6O/c2*1-3-2-4-3/h2*3H,2H2,1H3/t3-;/m0./s1. The summed E-state index contributed by atoms with van der Waals surface area (Å²) in [7, 11) is 0. The maximum Gasteiger partial charge on any atom is 0.0781 e. The van der Waals surface area contributed by atoms with Gasteiger partial charge in [0.1, 0.15) is 0 Å². The molecule has 0 amide bonds. The fraction of sp³-hybridized carbons (Fsp3) is 1.00. The summed E-state index contributed by atoms with van der Waals surface area (Å²) in [6.07, 6.45) is 1.17. The van der Waals surface area contributed by atoms with Crippen LogP contribution in [0.25, 0.3) is 0 Å². The van der Waals surface area contributed by atoms with Crippen LogP contribution in [0.1, 0.15) is 13.8 Å². The van der Waals surface area contributed by atoms with E-state index >= 15 is 0 Å². The van der Waals surface area contributed by atoms with Gasteiger partial charge < -0.3 is 9.47 Å². The van der Waals surface area contributed by atoms with Crippen molar-refractivity contribution in [3.63, 3.8) is 0 Å². The van der Waals surface area contributed by atoms with Crippen molar-refractivity contribution in [2.24, 2.45) is 0 Å². The van der Waals surface area contributed by atoms with Gasteiger partial charge in [-0.15, -0.1) is 0 Å². The van der Waals surface area contributed by atoms with Crippen LogP contribution in [-0.2, 0) is 9.47 Å². The maximum absolute atomic E-state index is 4.71. The Bertz CT molecular complexity index is 54.9. The zero-order valence-electron chi connectivity index (χ0n) is 5.39. The van der Waals surface area contributed by atoms with E-state index in [0.717, 1.165) is 13.2 Å². The number of ether oxygens (including phenoxy) is 2. The molecule has 1 unspecified atom stereocenters. The van der Waals surface area contributed by atoms with Crippen molar-refractivity contribution < 1.29 is 9.47 Å². The Morgan fingerprint density at radius 2 is 1.12 bits per heavy atom. The third-order valence-electron chi connectivity index (χ3n) is 1.00. The molecule has 8 heavy (non-hydrogen) atoms. The summed E-state index contributed by atoms with van der Waals surface area (Å²) in [5, 5.41) is 0. The number of epoxide rings is 2. The third kappa shape index (κ3) is 4.09. The number of hydrogen-bond donors (Lipinski definition) is 0. The SMILES string of the molecule is CC1CO1.C[C@H]1CO1. The zero-order valence-corrected chi connectivity index (χ0v) is 5.39. The quantitative estimate of drug-likeness (QED) is 0.437. The molecule has 2 aliphatic heterocycles. The van der Waals surface area contributed by atoms with Gasteiger partial charge in [-0.05, 0) is 13.8 Å². The van der Waals surface area contributed by atoms with Crippen molar-refractivity contribution in [2.75, 3.05) is 13.2 Å². The molecular weight excluding hydrogens is 104 g/mol. The van der Waals surface area contributed by atoms with Gasteiger partial charge in [-0.25, -0.2) is 0 Å². The van der Waals surface area contributed by atoms with Gasteiger partial charge in [-0.1, -0.05) is 0 Å². The van der Waals surface area contributed by atoms with Crippen molar-refractivity contribution in [3.05, 3.63) is 0 Å². The fourth-order valence-corrected chi connectivity index (χ4v) is 0.192. The van der Waals surface area contributed by atoms with Gasteiger partial charge in [-0.2, -0.15) is 0 Å². The Labute approximate surface area is 49.8 Å². The first-order valence-electron chi connectivity index (χ1n) is 3.02. The lowest BCUT2D eigenvalue weighted by atomic mass is 10.6. The van der Waals surface area contributed by atoms with Crippen LogP contribution >= 0.6 is 0 Å². The minimum Gasteiger partial charge on any atom is -0.373 e. The maximum atomic E-state index is 4.71. The highest BCUT2D eigenvalue weighted by Crippen LogP contribution is 2.04. The van der Waals surface area contributed by atoms with E-state index in [-0.39, 0.29) is 0 Å². The molecule has 0 N–H and O–H groups in total. The van der Waals surface area contributed by atoms with Crippen molar-refractivity contribution in [3.8, 4) is 0 Å². The summed E-state index contributed by atoms with van der Waals surface area (Å²) >= 11 is 0. The predicted octanol–water partition coefficient (Wildman–Crippen LogP) is 0.810. The molecule has 0 aromatic rings. The molecule has 2 rings (SSSR count). The minimum absolute atomic E-state index is 0.583. The molecule has 2 atom stereocenters. The Balaban J connectivity index is 0.0000000800. The Morgan fingerprint density at radius 1 is 1.00 bits per heavy atom. The lowest BCUT2D eigenvalue weighted by Gasteiger charge is -1.51. The van der Waals surface area contributed by atoms with Gasteiger partial charge in [-0.3, -0.25) is 0 Å². The molecule has 0 radical (unpaired) electrons. The summed E-state index contributed by atoms with van der Waals surface area (Å²) in [5.41, 5.74) is 0. The molecule has 0 aromatic carbocycles. The molecular formula is C6H12O2. The monoisotopic (exact) mass is 116 g/mol. The molecule has 0 bridgehead atoms. The van der Waals surface area contributed by atoms with E-state index in [1.54, 1.807) is 0 Å². The van der Waals surface area contributed by atoms with Crippen LogP contribution in [0, 0.1) is 0 Å². The van der Waals surface area contributed by atoms with Crippen molar-refractivity contribution >= 4 is 0 Å². The van der Waals surface area contributed by atoms with Crippen molar-refractivity contribution in [1.82, 2.24) is 0 Å². The molecule has 2 fully saturated rings. The first-order chi connectivity index (χ1) is 3.79. The van der Waals surface area contributed by atoms with Gasteiger partial charge in [0.15, 0.2) is 0 Å². The molecule has 2 saturated heterocycles. The lowest BCUT2D eigenvalue weighted by molar-refractivity contribution is 0.423. The summed E-state index contributed by atoms with van der Waals surface area (Å²) < 4.78 is 9.42. The normalized spacial score (nSPS) is 39.8. The number of hydrogen-bond acceptors (Lipinski definition) is 2. The lowest BCUT2D eigenvalue weighted by Crippen LogP contribution is -1.60. The average Bonchev–Trinajstić information content (AvgIpc) is 2.47. The second-order valence-corrected chi connectivity index (χ2v) is 2.29. The number of rotatable bonds is 0. The van der Waals surface area contributed by atoms with E-state index in [4.69, 9.17) is 9.47 Å². The van der Waals surface area contributed by atoms with E-state index in [0.29, 0.717) is 12.2 Å². The van der Waals surface area contributed by atoms with E-state index in [1.165, 1.54) is 0 Å². The molecule has 0 aliphatic carbocycles. The van der Waals surface area contributed by atoms with Crippen LogP contribution in [0.2, 0.25) is 0 Å². The highest BCUT2D eigenvalue weighted by atomic mass is 16.6. The largest absolute Gasteiger partial charge is 0.373 e. The van der Waals surface area contributed by atoms with E-state index in [9.17, 15) is 0 Å². The van der Waals surface area contributed by atoms with Crippen LogP contribution < -0.4 is 0 Å². The van der Waals surface area contributed by atoms with Gasteiger partial charge in [0.25, 0.3) is 0 Å². The molecule has 2 heteroatoms. The molecule has 2 nitrogen and oxygen atoms in total. The van der Waals surface area contributed by atoms with Gasteiger partial charge in [0.05, 0.1) is 25.4 Å². The highest BCUT2D eigenvalue weighted by Gasteiger charge is 2.13. The van der Waals surface area contributed by atoms with Crippen molar-refractivity contribution in [1.29, 1.82) is 0 Å². The predicted molar refractivity (Wildman–Crippen MR) is 30.8 cm³/mol. The van der Waals surface area contributed by atoms with Crippen LogP contribution in [0.15, 0.2) is 0 Å². The summed E-state index contributed by atoms with van der Waals surface area (Å²) in [6.45, 7) is 6.08. The first-order valence-corrected chi connectivity index (χ1v) is 3.02. The van der Waals surface area contributed by atoms with E-state index in [1.807, 2.05) is 0 Å². The molecule has 48 valence electrons. The van der Waals surface area contributed by atoms with Gasteiger partial charge in [0, 0.05) is 0 Å². The summed E-state index contributed by atoms with van der Waals surface area (Å²) in [6, 6.07) is 0. The molecule has 0 aromatic heterocycles. The molecule has 0 spiro atoms. The van der Waals surface area contributed by atoms with Crippen molar-refractivity contribution in [2.45, 2.75) is 26.1 Å². The van der Waals surface area contributed by atoms with Gasteiger partial charge >= 0.3 is 0 Å². The van der Waals surface area contributed by atoms with Crippen LogP contribution in [0.4, 0.5) is 0 Å². The van der Waals surface area contributed by atoms with Crippen LogP contribution in [0.5, 0.6) is 0 Å². The topological polar surface area (TPSA) is 25.1 Å². The Morgan fingerprint density at radius 3 is 1.12 bits per heavy atom. The highest BCUT2D eigenvalue weighted by molar-refractivity contribution is 4.58. The molecule has 2 aliphatic rings. The third-order valence-corrected chi connectivity index (χ3v) is 1.00. The fourth-order valence-electron chi connectivity index (χ4n) is 0.192. The summed E-state index contributed by atoms with van der Waals surface area (Å²) in [4.78, 5) is 0. The van der Waals surface area contributed by atoms with Gasteiger partial charge in [0.2, 0.25) is 0 Å². The van der Waals surface area contributed by atoms with Crippen LogP contribution in [0.3, 0.4) is 0 Å². The van der Waals surface area contributed by atoms with Crippen LogP contribution in [-0.4, -0.2) is 25.4 Å². The molecule has 0 saturated carbocycles. The Kier molecular flexibility index (Phi) is 1.86. The summed E-state index contributed by atoms with van der Waals surface area (Å²) in [5.74, 6) is 0. The average molecular weight is 116 g/mol. The van der Waals surface area contributed by atoms with E-state index < -0.39 is 0 Å². The molecule has 2 heterocycles. The first kappa shape index (κ1) is 6.05. The smallest absolute Gasteiger partial charge is 0.0781 e. The Hall–Kier alpha value is -0.0800. The van der Waals surface area contributed by atoms with E-state index in [2.05, 4.69) is 13.8 Å². The minimum atomic E-state index is 0.583. The second kappa shape index (κ2) is 2.46. The zero-order chi connectivity index (χ0) is 5.98.